The van der Waals surface area contributed by atoms with Crippen LogP contribution in [0.4, 0.5) is 0 Å². The number of halogens is 1. The van der Waals surface area contributed by atoms with Gasteiger partial charge in [0.05, 0.1) is 12.5 Å². The van der Waals surface area contributed by atoms with Crippen LogP contribution in [0.5, 0.6) is 0 Å². The van der Waals surface area contributed by atoms with Crippen LogP contribution >= 0.6 is 15.9 Å². The van der Waals surface area contributed by atoms with Crippen molar-refractivity contribution < 1.29 is 9.21 Å². The van der Waals surface area contributed by atoms with Crippen molar-refractivity contribution in [2.75, 3.05) is 0 Å². The number of ketones is 1. The Labute approximate surface area is 102 Å². The van der Waals surface area contributed by atoms with Crippen LogP contribution in [0.15, 0.2) is 45.7 Å². The standard InChI is InChI=1S/C13H11BrO2/c1-9-4-11(7-12(14)5-9)13(15)6-10-2-3-16-8-10/h2-5,7-8H,6H2,1H3. The summed E-state index contributed by atoms with van der Waals surface area (Å²) in [5, 5.41) is 0. The number of furan rings is 1. The van der Waals surface area contributed by atoms with Crippen molar-refractivity contribution in [3.63, 3.8) is 0 Å². The van der Waals surface area contributed by atoms with Gasteiger partial charge in [-0.05, 0) is 42.3 Å². The molecule has 0 aliphatic heterocycles. The highest BCUT2D eigenvalue weighted by molar-refractivity contribution is 9.10. The first-order chi connectivity index (χ1) is 7.65. The molecular weight excluding hydrogens is 268 g/mol. The molecule has 0 saturated heterocycles. The number of carbonyl (C=O) groups is 1. The SMILES string of the molecule is Cc1cc(Br)cc(C(=O)Cc2ccoc2)c1. The fraction of sp³-hybridized carbons (Fsp3) is 0.154. The predicted molar refractivity (Wildman–Crippen MR) is 65.6 cm³/mol. The van der Waals surface area contributed by atoms with E-state index < -0.39 is 0 Å². The number of carbonyl (C=O) groups excluding carboxylic acids is 1. The van der Waals surface area contributed by atoms with E-state index in [0.29, 0.717) is 6.42 Å². The number of hydrogen-bond donors (Lipinski definition) is 0. The Morgan fingerprint density at radius 2 is 2.19 bits per heavy atom. The van der Waals surface area contributed by atoms with Crippen molar-refractivity contribution in [3.05, 3.63) is 58.0 Å². The molecule has 0 spiro atoms. The van der Waals surface area contributed by atoms with Gasteiger partial charge in [-0.1, -0.05) is 15.9 Å². The summed E-state index contributed by atoms with van der Waals surface area (Å²) in [4.78, 5) is 12.0. The molecule has 82 valence electrons. The van der Waals surface area contributed by atoms with E-state index in [-0.39, 0.29) is 5.78 Å². The zero-order valence-corrected chi connectivity index (χ0v) is 10.5. The second kappa shape index (κ2) is 4.66. The van der Waals surface area contributed by atoms with Gasteiger partial charge in [0.15, 0.2) is 5.78 Å². The van der Waals surface area contributed by atoms with Gasteiger partial charge < -0.3 is 4.42 Å². The molecule has 3 heteroatoms. The summed E-state index contributed by atoms with van der Waals surface area (Å²) in [6, 6.07) is 7.53. The van der Waals surface area contributed by atoms with Crippen molar-refractivity contribution in [1.29, 1.82) is 0 Å². The first-order valence-corrected chi connectivity index (χ1v) is 5.76. The van der Waals surface area contributed by atoms with E-state index in [1.54, 1.807) is 12.5 Å². The van der Waals surface area contributed by atoms with Crippen molar-refractivity contribution in [2.45, 2.75) is 13.3 Å². The Hall–Kier alpha value is -1.35. The van der Waals surface area contributed by atoms with E-state index in [1.807, 2.05) is 31.2 Å². The zero-order valence-electron chi connectivity index (χ0n) is 8.87. The average Bonchev–Trinajstić information content (AvgIpc) is 2.68. The first kappa shape index (κ1) is 11.1. The third kappa shape index (κ3) is 2.61. The number of rotatable bonds is 3. The fourth-order valence-electron chi connectivity index (χ4n) is 1.58. The number of aryl methyl sites for hydroxylation is 1. The molecule has 2 nitrogen and oxygen atoms in total. The quantitative estimate of drug-likeness (QED) is 0.800. The highest BCUT2D eigenvalue weighted by Crippen LogP contribution is 2.17. The second-order valence-corrected chi connectivity index (χ2v) is 4.66. The topological polar surface area (TPSA) is 30.2 Å². The molecule has 2 aromatic rings. The lowest BCUT2D eigenvalue weighted by Crippen LogP contribution is -2.03. The highest BCUT2D eigenvalue weighted by Gasteiger charge is 2.09. The minimum atomic E-state index is 0.103. The maximum absolute atomic E-state index is 12.0. The van der Waals surface area contributed by atoms with Crippen LogP contribution in [-0.2, 0) is 6.42 Å². The van der Waals surface area contributed by atoms with Gasteiger partial charge >= 0.3 is 0 Å². The monoisotopic (exact) mass is 278 g/mol. The van der Waals surface area contributed by atoms with Gasteiger partial charge in [0.25, 0.3) is 0 Å². The van der Waals surface area contributed by atoms with Crippen molar-refractivity contribution in [1.82, 2.24) is 0 Å². The van der Waals surface area contributed by atoms with E-state index in [4.69, 9.17) is 4.42 Å². The van der Waals surface area contributed by atoms with Crippen molar-refractivity contribution in [3.8, 4) is 0 Å². The number of Topliss-reactive ketones (excluding diaryl/α,β-unsaturated/α-hetero) is 1. The summed E-state index contributed by atoms with van der Waals surface area (Å²) in [6.45, 7) is 1.97. The Balaban J connectivity index is 2.21. The first-order valence-electron chi connectivity index (χ1n) is 4.96. The lowest BCUT2D eigenvalue weighted by atomic mass is 10.0. The summed E-state index contributed by atoms with van der Waals surface area (Å²) < 4.78 is 5.87. The lowest BCUT2D eigenvalue weighted by Gasteiger charge is -2.02. The molecule has 1 aromatic heterocycles. The van der Waals surface area contributed by atoms with E-state index in [1.165, 1.54) is 0 Å². The molecule has 0 radical (unpaired) electrons. The molecule has 1 aromatic carbocycles. The molecule has 0 bridgehead atoms. The van der Waals surface area contributed by atoms with E-state index in [0.717, 1.165) is 21.2 Å². The van der Waals surface area contributed by atoms with Crippen LogP contribution < -0.4 is 0 Å². The normalized spacial score (nSPS) is 10.4. The molecule has 2 rings (SSSR count). The van der Waals surface area contributed by atoms with Gasteiger partial charge in [-0.25, -0.2) is 0 Å². The summed E-state index contributed by atoms with van der Waals surface area (Å²) >= 11 is 3.39. The van der Waals surface area contributed by atoms with Crippen molar-refractivity contribution >= 4 is 21.7 Å². The van der Waals surface area contributed by atoms with Crippen LogP contribution in [0.3, 0.4) is 0 Å². The molecule has 0 amide bonds. The van der Waals surface area contributed by atoms with Gasteiger partial charge in [-0.2, -0.15) is 0 Å². The molecule has 0 N–H and O–H groups in total. The van der Waals surface area contributed by atoms with Gasteiger partial charge in [0.1, 0.15) is 0 Å². The zero-order chi connectivity index (χ0) is 11.5. The molecule has 0 unspecified atom stereocenters. The van der Waals surface area contributed by atoms with Crippen LogP contribution in [0.1, 0.15) is 21.5 Å². The molecule has 0 saturated carbocycles. The van der Waals surface area contributed by atoms with Crippen LogP contribution in [0, 0.1) is 6.92 Å². The average molecular weight is 279 g/mol. The fourth-order valence-corrected chi connectivity index (χ4v) is 2.19. The van der Waals surface area contributed by atoms with Gasteiger partial charge in [-0.3, -0.25) is 4.79 Å². The minimum Gasteiger partial charge on any atom is -0.472 e. The molecule has 0 fully saturated rings. The minimum absolute atomic E-state index is 0.103. The van der Waals surface area contributed by atoms with E-state index in [9.17, 15) is 4.79 Å². The third-order valence-electron chi connectivity index (χ3n) is 2.31. The second-order valence-electron chi connectivity index (χ2n) is 3.75. The Kier molecular flexibility index (Phi) is 3.25. The smallest absolute Gasteiger partial charge is 0.167 e. The maximum Gasteiger partial charge on any atom is 0.167 e. The molecule has 0 aliphatic rings. The Bertz CT molecular complexity index is 480. The van der Waals surface area contributed by atoms with Crippen LogP contribution in [0.25, 0.3) is 0 Å². The van der Waals surface area contributed by atoms with Gasteiger partial charge in [0.2, 0.25) is 0 Å². The Morgan fingerprint density at radius 3 is 2.81 bits per heavy atom. The summed E-state index contributed by atoms with van der Waals surface area (Å²) in [7, 11) is 0. The van der Waals surface area contributed by atoms with Gasteiger partial charge in [0, 0.05) is 16.5 Å². The predicted octanol–water partition coefficient (Wildman–Crippen LogP) is 3.78. The van der Waals surface area contributed by atoms with Crippen molar-refractivity contribution in [2.24, 2.45) is 0 Å². The molecule has 1 heterocycles. The largest absolute Gasteiger partial charge is 0.472 e. The highest BCUT2D eigenvalue weighted by atomic mass is 79.9. The maximum atomic E-state index is 12.0. The third-order valence-corrected chi connectivity index (χ3v) is 2.77. The summed E-state index contributed by atoms with van der Waals surface area (Å²) in [5.41, 5.74) is 2.71. The Morgan fingerprint density at radius 1 is 1.38 bits per heavy atom. The lowest BCUT2D eigenvalue weighted by molar-refractivity contribution is 0.0992. The van der Waals surface area contributed by atoms with Crippen LogP contribution in [-0.4, -0.2) is 5.78 Å². The molecule has 16 heavy (non-hydrogen) atoms. The van der Waals surface area contributed by atoms with E-state index in [2.05, 4.69) is 15.9 Å². The number of hydrogen-bond acceptors (Lipinski definition) is 2. The van der Waals surface area contributed by atoms with Gasteiger partial charge in [-0.15, -0.1) is 0 Å². The van der Waals surface area contributed by atoms with Crippen LogP contribution in [0.2, 0.25) is 0 Å². The van der Waals surface area contributed by atoms with E-state index >= 15 is 0 Å². The summed E-state index contributed by atoms with van der Waals surface area (Å²) in [5.74, 6) is 0.103. The molecule has 0 atom stereocenters. The number of benzene rings is 1. The molecule has 0 aliphatic carbocycles. The summed E-state index contributed by atoms with van der Waals surface area (Å²) in [6.07, 6.45) is 3.56. The molecular formula is C13H11BrO2.